The first-order valence-corrected chi connectivity index (χ1v) is 12.4. The van der Waals surface area contributed by atoms with Crippen molar-refractivity contribution >= 4 is 21.6 Å². The number of hydrogen-bond acceptors (Lipinski definition) is 8. The van der Waals surface area contributed by atoms with Gasteiger partial charge in [0.15, 0.2) is 0 Å². The molecule has 0 bridgehead atoms. The first-order chi connectivity index (χ1) is 15.3. The maximum atomic E-state index is 12.8. The highest BCUT2D eigenvalue weighted by molar-refractivity contribution is 7.89. The van der Waals surface area contributed by atoms with E-state index in [9.17, 15) is 18.5 Å². The minimum Gasteiger partial charge on any atom is -0.380 e. The zero-order valence-electron chi connectivity index (χ0n) is 18.1. The molecule has 0 radical (unpaired) electrons. The molecule has 6 atom stereocenters. The SMILES string of the molecule is CC1c2cc(NC3NN([C@H]4COCC[C@@H]4C#N)C4CCNC(=O)C34)ccc2S(=O)(=O)N1C. The number of carbonyl (C=O) groups is 1. The number of ether oxygens (including phenoxy) is 1. The van der Waals surface area contributed by atoms with Crippen LogP contribution in [0.4, 0.5) is 5.69 Å². The van der Waals surface area contributed by atoms with Crippen molar-refractivity contribution in [3.05, 3.63) is 23.8 Å². The van der Waals surface area contributed by atoms with Gasteiger partial charge in [0.2, 0.25) is 15.9 Å². The van der Waals surface area contributed by atoms with Crippen molar-refractivity contribution in [1.82, 2.24) is 20.1 Å². The van der Waals surface area contributed by atoms with Gasteiger partial charge in [-0.1, -0.05) is 0 Å². The van der Waals surface area contributed by atoms with E-state index in [4.69, 9.17) is 4.74 Å². The van der Waals surface area contributed by atoms with Crippen LogP contribution in [0.15, 0.2) is 23.1 Å². The van der Waals surface area contributed by atoms with Gasteiger partial charge >= 0.3 is 0 Å². The molecule has 1 aromatic carbocycles. The van der Waals surface area contributed by atoms with Gasteiger partial charge in [-0.3, -0.25) is 4.79 Å². The molecule has 0 aliphatic carbocycles. The van der Waals surface area contributed by atoms with Crippen LogP contribution in [0.3, 0.4) is 0 Å². The maximum Gasteiger partial charge on any atom is 0.243 e. The number of anilines is 1. The lowest BCUT2D eigenvalue weighted by Crippen LogP contribution is -2.56. The van der Waals surface area contributed by atoms with Gasteiger partial charge in [0.1, 0.15) is 6.17 Å². The molecule has 0 spiro atoms. The molecule has 0 saturated carbocycles. The Kier molecular flexibility index (Phi) is 5.38. The Hall–Kier alpha value is -2.23. The number of hydrazine groups is 1. The summed E-state index contributed by atoms with van der Waals surface area (Å²) in [6, 6.07) is 7.18. The number of hydrogen-bond donors (Lipinski definition) is 3. The third kappa shape index (κ3) is 3.29. The zero-order valence-corrected chi connectivity index (χ0v) is 18.9. The summed E-state index contributed by atoms with van der Waals surface area (Å²) in [5, 5.41) is 18.1. The summed E-state index contributed by atoms with van der Waals surface area (Å²) in [7, 11) is -1.88. The van der Waals surface area contributed by atoms with E-state index in [1.807, 2.05) is 13.0 Å². The van der Waals surface area contributed by atoms with E-state index in [1.165, 1.54) is 4.31 Å². The molecule has 3 N–H and O–H groups in total. The number of benzene rings is 1. The van der Waals surface area contributed by atoms with Crippen molar-refractivity contribution in [3.8, 4) is 6.07 Å². The van der Waals surface area contributed by atoms with Crippen LogP contribution in [-0.2, 0) is 19.6 Å². The molecule has 5 rings (SSSR count). The van der Waals surface area contributed by atoms with E-state index in [-0.39, 0.29) is 42.0 Å². The predicted octanol–water partition coefficient (Wildman–Crippen LogP) is 0.373. The van der Waals surface area contributed by atoms with Gasteiger partial charge in [0, 0.05) is 38.0 Å². The summed E-state index contributed by atoms with van der Waals surface area (Å²) in [6.45, 7) is 3.47. The van der Waals surface area contributed by atoms with Gasteiger partial charge in [-0.15, -0.1) is 0 Å². The molecule has 3 saturated heterocycles. The van der Waals surface area contributed by atoms with Crippen molar-refractivity contribution in [2.45, 2.75) is 49.0 Å². The number of piperidine rings is 1. The number of amides is 1. The maximum absolute atomic E-state index is 12.8. The monoisotopic (exact) mass is 460 g/mol. The molecule has 11 heteroatoms. The van der Waals surface area contributed by atoms with Crippen molar-refractivity contribution < 1.29 is 17.9 Å². The molecule has 172 valence electrons. The van der Waals surface area contributed by atoms with Crippen LogP contribution in [0.1, 0.15) is 31.4 Å². The number of fused-ring (bicyclic) bond motifs is 2. The van der Waals surface area contributed by atoms with Crippen LogP contribution in [0, 0.1) is 23.2 Å². The van der Waals surface area contributed by atoms with Crippen LogP contribution < -0.4 is 16.1 Å². The van der Waals surface area contributed by atoms with Crippen LogP contribution in [0.25, 0.3) is 0 Å². The molecular weight excluding hydrogens is 432 g/mol. The first-order valence-electron chi connectivity index (χ1n) is 11.0. The average molecular weight is 461 g/mol. The van der Waals surface area contributed by atoms with Gasteiger partial charge in [-0.25, -0.2) is 18.9 Å². The third-order valence-corrected chi connectivity index (χ3v) is 9.30. The van der Waals surface area contributed by atoms with E-state index in [0.29, 0.717) is 31.1 Å². The van der Waals surface area contributed by atoms with Gasteiger partial charge in [0.05, 0.1) is 35.4 Å². The number of nitrogens with one attached hydrogen (secondary N) is 3. The number of carbonyl (C=O) groups excluding carboxylic acids is 1. The minimum absolute atomic E-state index is 0.0316. The van der Waals surface area contributed by atoms with E-state index in [2.05, 4.69) is 27.1 Å². The fourth-order valence-electron chi connectivity index (χ4n) is 5.39. The van der Waals surface area contributed by atoms with Crippen molar-refractivity contribution in [2.75, 3.05) is 32.1 Å². The van der Waals surface area contributed by atoms with Crippen molar-refractivity contribution in [2.24, 2.45) is 11.8 Å². The molecule has 4 heterocycles. The fraction of sp³-hybridized carbons (Fsp3) is 0.619. The Morgan fingerprint density at radius 2 is 2.09 bits per heavy atom. The molecule has 0 aromatic heterocycles. The molecule has 3 fully saturated rings. The van der Waals surface area contributed by atoms with Crippen LogP contribution in [0.5, 0.6) is 0 Å². The number of rotatable bonds is 3. The van der Waals surface area contributed by atoms with E-state index in [1.54, 1.807) is 19.2 Å². The lowest BCUT2D eigenvalue weighted by Gasteiger charge is -2.39. The second-order valence-electron chi connectivity index (χ2n) is 8.95. The largest absolute Gasteiger partial charge is 0.380 e. The Bertz CT molecular complexity index is 1070. The van der Waals surface area contributed by atoms with E-state index < -0.39 is 10.0 Å². The predicted molar refractivity (Wildman–Crippen MR) is 115 cm³/mol. The standard InChI is InChI=1S/C21H28N6O4S/c1-12-15-9-14(3-4-18(15)32(29,30)26(12)2)24-20-19-16(5-7-23-21(19)28)27(25-20)17-11-31-8-6-13(17)10-22/h3-4,9,12-13,16-17,19-20,24-25H,5-8,11H2,1-2H3,(H,23,28)/t12?,13-,16?,17+,19?,20?/m1/s1. The molecule has 10 nitrogen and oxygen atoms in total. The van der Waals surface area contributed by atoms with Gasteiger partial charge in [-0.05, 0) is 43.5 Å². The van der Waals surface area contributed by atoms with Crippen molar-refractivity contribution in [3.63, 3.8) is 0 Å². The van der Waals surface area contributed by atoms with Crippen LogP contribution in [0.2, 0.25) is 0 Å². The summed E-state index contributed by atoms with van der Waals surface area (Å²) in [5.74, 6) is -0.542. The highest BCUT2D eigenvalue weighted by Crippen LogP contribution is 2.40. The second kappa shape index (κ2) is 7.97. The van der Waals surface area contributed by atoms with E-state index in [0.717, 1.165) is 17.7 Å². The number of nitriles is 1. The van der Waals surface area contributed by atoms with Crippen LogP contribution in [-0.4, -0.2) is 68.7 Å². The van der Waals surface area contributed by atoms with Gasteiger partial charge < -0.3 is 15.4 Å². The van der Waals surface area contributed by atoms with E-state index >= 15 is 0 Å². The average Bonchev–Trinajstić information content (AvgIpc) is 3.24. The fourth-order valence-corrected chi connectivity index (χ4v) is 6.99. The minimum atomic E-state index is -3.46. The third-order valence-electron chi connectivity index (χ3n) is 7.30. The Morgan fingerprint density at radius 3 is 2.88 bits per heavy atom. The Morgan fingerprint density at radius 1 is 1.28 bits per heavy atom. The lowest BCUT2D eigenvalue weighted by molar-refractivity contribution is -0.128. The summed E-state index contributed by atoms with van der Waals surface area (Å²) < 4.78 is 32.1. The highest BCUT2D eigenvalue weighted by Gasteiger charge is 2.51. The molecule has 4 unspecified atom stereocenters. The molecule has 4 aliphatic rings. The normalized spacial score (nSPS) is 36.7. The Balaban J connectivity index is 1.43. The van der Waals surface area contributed by atoms with Crippen molar-refractivity contribution in [1.29, 1.82) is 5.26 Å². The number of nitrogens with zero attached hydrogens (tertiary/aromatic N) is 3. The highest BCUT2D eigenvalue weighted by atomic mass is 32.2. The zero-order chi connectivity index (χ0) is 22.6. The molecule has 1 amide bonds. The molecular formula is C21H28N6O4S. The van der Waals surface area contributed by atoms with Gasteiger partial charge in [-0.2, -0.15) is 9.57 Å². The molecule has 1 aromatic rings. The first kappa shape index (κ1) is 21.6. The number of sulfonamides is 1. The summed E-state index contributed by atoms with van der Waals surface area (Å²) in [4.78, 5) is 13.1. The Labute approximate surface area is 187 Å². The summed E-state index contributed by atoms with van der Waals surface area (Å²) >= 11 is 0. The van der Waals surface area contributed by atoms with Gasteiger partial charge in [0.25, 0.3) is 0 Å². The topological polar surface area (TPSA) is 127 Å². The molecule has 32 heavy (non-hydrogen) atoms. The quantitative estimate of drug-likeness (QED) is 0.591. The summed E-state index contributed by atoms with van der Waals surface area (Å²) in [5.41, 5.74) is 4.93. The smallest absolute Gasteiger partial charge is 0.243 e. The lowest BCUT2D eigenvalue weighted by atomic mass is 9.88. The summed E-state index contributed by atoms with van der Waals surface area (Å²) in [6.07, 6.45) is 1.07. The van der Waals surface area contributed by atoms with Crippen LogP contribution >= 0.6 is 0 Å². The second-order valence-corrected chi connectivity index (χ2v) is 10.9. The molecule has 4 aliphatic heterocycles.